The average Bonchev–Trinajstić information content (AvgIpc) is 3.23. The first-order valence-electron chi connectivity index (χ1n) is 10.6. The molecule has 2 aromatic carbocycles. The predicted octanol–water partition coefficient (Wildman–Crippen LogP) is 2.79. The maximum absolute atomic E-state index is 13.2. The van der Waals surface area contributed by atoms with E-state index in [1.807, 2.05) is 24.3 Å². The Balaban J connectivity index is 1.31. The first-order valence-corrected chi connectivity index (χ1v) is 10.6. The van der Waals surface area contributed by atoms with Gasteiger partial charge in [0.2, 0.25) is 5.65 Å². The molecule has 0 atom stereocenters. The highest BCUT2D eigenvalue weighted by Gasteiger charge is 2.12. The number of fused-ring (bicyclic) bond motifs is 1. The van der Waals surface area contributed by atoms with Crippen molar-refractivity contribution in [2.45, 2.75) is 6.54 Å². The van der Waals surface area contributed by atoms with E-state index in [1.165, 1.54) is 12.1 Å². The molecule has 0 unspecified atom stereocenters. The van der Waals surface area contributed by atoms with E-state index >= 15 is 0 Å². The van der Waals surface area contributed by atoms with Gasteiger partial charge in [0.25, 0.3) is 0 Å². The van der Waals surface area contributed by atoms with E-state index in [-0.39, 0.29) is 5.82 Å². The van der Waals surface area contributed by atoms with Crippen molar-refractivity contribution >= 4 is 11.3 Å². The Morgan fingerprint density at radius 1 is 1.06 bits per heavy atom. The molecule has 164 valence electrons. The summed E-state index contributed by atoms with van der Waals surface area (Å²) in [6, 6.07) is 14.1. The fraction of sp³-hybridized carbons (Fsp3) is 0.304. The summed E-state index contributed by atoms with van der Waals surface area (Å²) in [6.07, 6.45) is 1.69. The topological polar surface area (TPSA) is 78.2 Å². The molecule has 0 radical (unpaired) electrons. The van der Waals surface area contributed by atoms with Crippen LogP contribution in [0.15, 0.2) is 54.7 Å². The second kappa shape index (κ2) is 9.37. The third-order valence-electron chi connectivity index (χ3n) is 5.38. The van der Waals surface area contributed by atoms with Crippen molar-refractivity contribution in [3.8, 4) is 17.0 Å². The molecule has 1 aliphatic rings. The van der Waals surface area contributed by atoms with E-state index in [4.69, 9.17) is 14.5 Å². The molecule has 0 aliphatic carbocycles. The van der Waals surface area contributed by atoms with Gasteiger partial charge in [0.15, 0.2) is 5.65 Å². The Morgan fingerprint density at radius 3 is 2.75 bits per heavy atom. The molecule has 3 heterocycles. The molecule has 0 N–H and O–H groups in total. The maximum atomic E-state index is 13.2. The van der Waals surface area contributed by atoms with Crippen molar-refractivity contribution in [3.63, 3.8) is 0 Å². The lowest BCUT2D eigenvalue weighted by Gasteiger charge is -2.26. The van der Waals surface area contributed by atoms with E-state index in [2.05, 4.69) is 20.2 Å². The van der Waals surface area contributed by atoms with E-state index < -0.39 is 0 Å². The van der Waals surface area contributed by atoms with Crippen molar-refractivity contribution in [1.82, 2.24) is 29.9 Å². The van der Waals surface area contributed by atoms with Crippen molar-refractivity contribution in [3.05, 3.63) is 66.1 Å². The molecule has 0 amide bonds. The van der Waals surface area contributed by atoms with Crippen LogP contribution in [0.1, 0.15) is 5.56 Å². The van der Waals surface area contributed by atoms with Gasteiger partial charge in [0.1, 0.15) is 18.2 Å². The average molecular weight is 434 g/mol. The molecule has 0 saturated carbocycles. The van der Waals surface area contributed by atoms with Gasteiger partial charge in [-0.15, -0.1) is 5.10 Å². The fourth-order valence-electron chi connectivity index (χ4n) is 3.63. The summed E-state index contributed by atoms with van der Waals surface area (Å²) in [5.74, 6) is 0.516. The Morgan fingerprint density at radius 2 is 1.91 bits per heavy atom. The summed E-state index contributed by atoms with van der Waals surface area (Å²) in [6.45, 7) is 5.36. The monoisotopic (exact) mass is 434 g/mol. The lowest BCUT2D eigenvalue weighted by molar-refractivity contribution is 0.0322. The van der Waals surface area contributed by atoms with Crippen molar-refractivity contribution < 1.29 is 13.9 Å². The first-order chi connectivity index (χ1) is 15.7. The number of rotatable bonds is 7. The third-order valence-corrected chi connectivity index (χ3v) is 5.38. The summed E-state index contributed by atoms with van der Waals surface area (Å²) in [5, 5.41) is 8.26. The second-order valence-corrected chi connectivity index (χ2v) is 7.61. The van der Waals surface area contributed by atoms with Crippen LogP contribution in [0, 0.1) is 5.82 Å². The van der Waals surface area contributed by atoms with Gasteiger partial charge in [-0.3, -0.25) is 4.90 Å². The summed E-state index contributed by atoms with van der Waals surface area (Å²) in [7, 11) is 0. The summed E-state index contributed by atoms with van der Waals surface area (Å²) in [5.41, 5.74) is 3.55. The standard InChI is InChI=1S/C23H23FN6O2/c24-19-6-4-17(5-7-19)16-30-23-22(27-28-30)25-15-21(26-23)18-2-1-3-20(14-18)32-13-10-29-8-11-31-12-9-29/h1-7,14-15H,8-13,16H2. The Kier molecular flexibility index (Phi) is 6.00. The quantitative estimate of drug-likeness (QED) is 0.443. The van der Waals surface area contributed by atoms with Gasteiger partial charge in [0.05, 0.1) is 31.6 Å². The SMILES string of the molecule is Fc1ccc(Cn2nnc3ncc(-c4cccc(OCCN5CCOCC5)c4)nc32)cc1. The number of morpholine rings is 1. The minimum absolute atomic E-state index is 0.272. The molecule has 0 spiro atoms. The molecule has 8 nitrogen and oxygen atoms in total. The van der Waals surface area contributed by atoms with Crippen LogP contribution < -0.4 is 4.74 Å². The van der Waals surface area contributed by atoms with Gasteiger partial charge in [-0.05, 0) is 29.8 Å². The molecule has 0 bridgehead atoms. The van der Waals surface area contributed by atoms with Crippen LogP contribution >= 0.6 is 0 Å². The Hall–Kier alpha value is -3.43. The molecular formula is C23H23FN6O2. The van der Waals surface area contributed by atoms with Crippen LogP contribution in [-0.4, -0.2) is 69.3 Å². The summed E-state index contributed by atoms with van der Waals surface area (Å²) in [4.78, 5) is 11.5. The summed E-state index contributed by atoms with van der Waals surface area (Å²) >= 11 is 0. The van der Waals surface area contributed by atoms with Gasteiger partial charge in [-0.2, -0.15) is 0 Å². The van der Waals surface area contributed by atoms with Crippen molar-refractivity contribution in [2.24, 2.45) is 0 Å². The highest BCUT2D eigenvalue weighted by Crippen LogP contribution is 2.23. The fourth-order valence-corrected chi connectivity index (χ4v) is 3.63. The normalized spacial score (nSPS) is 14.7. The minimum atomic E-state index is -0.272. The van der Waals surface area contributed by atoms with Crippen LogP contribution in [0.3, 0.4) is 0 Å². The zero-order valence-corrected chi connectivity index (χ0v) is 17.5. The molecule has 1 fully saturated rings. The minimum Gasteiger partial charge on any atom is -0.492 e. The van der Waals surface area contributed by atoms with E-state index in [9.17, 15) is 4.39 Å². The van der Waals surface area contributed by atoms with Crippen molar-refractivity contribution in [1.29, 1.82) is 0 Å². The number of halogens is 1. The predicted molar refractivity (Wildman–Crippen MR) is 117 cm³/mol. The zero-order chi connectivity index (χ0) is 21.8. The molecule has 32 heavy (non-hydrogen) atoms. The number of hydrogen-bond acceptors (Lipinski definition) is 7. The number of hydrogen-bond donors (Lipinski definition) is 0. The van der Waals surface area contributed by atoms with Gasteiger partial charge in [-0.1, -0.05) is 29.5 Å². The highest BCUT2D eigenvalue weighted by molar-refractivity contribution is 5.70. The molecule has 2 aromatic heterocycles. The molecule has 5 rings (SSSR count). The molecule has 1 aliphatic heterocycles. The van der Waals surface area contributed by atoms with Crippen LogP contribution in [0.4, 0.5) is 4.39 Å². The maximum Gasteiger partial charge on any atom is 0.221 e. The lowest BCUT2D eigenvalue weighted by atomic mass is 10.1. The molecule has 9 heteroatoms. The Bertz CT molecular complexity index is 1190. The zero-order valence-electron chi connectivity index (χ0n) is 17.5. The summed E-state index contributed by atoms with van der Waals surface area (Å²) < 4.78 is 26.2. The van der Waals surface area contributed by atoms with Gasteiger partial charge in [-0.25, -0.2) is 19.0 Å². The first kappa shape index (κ1) is 20.5. The van der Waals surface area contributed by atoms with E-state index in [0.717, 1.165) is 49.7 Å². The van der Waals surface area contributed by atoms with Crippen LogP contribution in [0.25, 0.3) is 22.6 Å². The van der Waals surface area contributed by atoms with Gasteiger partial charge < -0.3 is 9.47 Å². The third kappa shape index (κ3) is 4.74. The van der Waals surface area contributed by atoms with E-state index in [1.54, 1.807) is 23.0 Å². The van der Waals surface area contributed by atoms with Crippen molar-refractivity contribution in [2.75, 3.05) is 39.5 Å². The number of ether oxygens (including phenoxy) is 2. The number of aromatic nitrogens is 5. The van der Waals surface area contributed by atoms with Crippen LogP contribution in [-0.2, 0) is 11.3 Å². The second-order valence-electron chi connectivity index (χ2n) is 7.61. The van der Waals surface area contributed by atoms with E-state index in [0.29, 0.717) is 30.1 Å². The lowest BCUT2D eigenvalue weighted by Crippen LogP contribution is -2.38. The number of benzene rings is 2. The molecule has 1 saturated heterocycles. The molecule has 4 aromatic rings. The van der Waals surface area contributed by atoms with Gasteiger partial charge in [0, 0.05) is 25.2 Å². The number of nitrogens with zero attached hydrogens (tertiary/aromatic N) is 6. The van der Waals surface area contributed by atoms with Crippen LogP contribution in [0.5, 0.6) is 5.75 Å². The smallest absolute Gasteiger partial charge is 0.221 e. The highest BCUT2D eigenvalue weighted by atomic mass is 19.1. The van der Waals surface area contributed by atoms with Gasteiger partial charge >= 0.3 is 0 Å². The Labute approximate surface area is 184 Å². The van der Waals surface area contributed by atoms with Crippen LogP contribution in [0.2, 0.25) is 0 Å². The largest absolute Gasteiger partial charge is 0.492 e. The molecular weight excluding hydrogens is 411 g/mol.